The van der Waals surface area contributed by atoms with Crippen LogP contribution in [0.1, 0.15) is 12.5 Å². The molecule has 0 fully saturated rings. The van der Waals surface area contributed by atoms with Crippen molar-refractivity contribution in [2.75, 3.05) is 6.61 Å². The number of esters is 2. The van der Waals surface area contributed by atoms with Gasteiger partial charge in [-0.2, -0.15) is 0 Å². The van der Waals surface area contributed by atoms with Gasteiger partial charge >= 0.3 is 11.9 Å². The van der Waals surface area contributed by atoms with E-state index < -0.39 is 11.9 Å². The number of hydrogen-bond donors (Lipinski definition) is 0. The Morgan fingerprint density at radius 2 is 2.11 bits per heavy atom. The van der Waals surface area contributed by atoms with Crippen LogP contribution in [0.3, 0.4) is 0 Å². The van der Waals surface area contributed by atoms with Crippen LogP contribution in [0.2, 0.25) is 0 Å². The normalized spacial score (nSPS) is 16.4. The second-order valence-electron chi connectivity index (χ2n) is 3.45. The van der Waals surface area contributed by atoms with Crippen molar-refractivity contribution in [2.45, 2.75) is 6.92 Å². The summed E-state index contributed by atoms with van der Waals surface area (Å²) >= 11 is 0. The van der Waals surface area contributed by atoms with Gasteiger partial charge in [-0.15, -0.1) is 0 Å². The van der Waals surface area contributed by atoms with E-state index in [1.807, 2.05) is 6.07 Å². The first-order chi connectivity index (χ1) is 8.70. The molecule has 1 aromatic carbocycles. The van der Waals surface area contributed by atoms with Crippen LogP contribution in [0.25, 0.3) is 0 Å². The van der Waals surface area contributed by atoms with Gasteiger partial charge in [0.25, 0.3) is 0 Å². The first kappa shape index (κ1) is 12.0. The van der Waals surface area contributed by atoms with Crippen LogP contribution in [-0.4, -0.2) is 24.4 Å². The fourth-order valence-corrected chi connectivity index (χ4v) is 1.41. The van der Waals surface area contributed by atoms with Gasteiger partial charge in [0.1, 0.15) is 0 Å². The number of ether oxygens (including phenoxy) is 2. The Balaban J connectivity index is 2.22. The summed E-state index contributed by atoms with van der Waals surface area (Å²) in [6.45, 7) is 1.93. The molecule has 0 bridgehead atoms. The standard InChI is InChI=1S/C13H11NO4/c1-2-17-11(15)8-10-13(16)18-12(14-10)9-6-4-3-5-7-9/h3-8H,2H2,1H3. The highest BCUT2D eigenvalue weighted by atomic mass is 16.6. The predicted octanol–water partition coefficient (Wildman–Crippen LogP) is 1.44. The molecule has 0 N–H and O–H groups in total. The first-order valence-electron chi connectivity index (χ1n) is 5.45. The molecule has 0 saturated heterocycles. The van der Waals surface area contributed by atoms with Crippen LogP contribution in [0.4, 0.5) is 0 Å². The lowest BCUT2D eigenvalue weighted by atomic mass is 10.2. The summed E-state index contributed by atoms with van der Waals surface area (Å²) < 4.78 is 9.67. The third kappa shape index (κ3) is 2.63. The van der Waals surface area contributed by atoms with Crippen molar-refractivity contribution < 1.29 is 19.1 Å². The molecule has 0 saturated carbocycles. The summed E-state index contributed by atoms with van der Waals surface area (Å²) in [5, 5.41) is 0. The molecule has 0 unspecified atom stereocenters. The highest BCUT2D eigenvalue weighted by Crippen LogP contribution is 2.15. The van der Waals surface area contributed by atoms with Crippen molar-refractivity contribution in [3.05, 3.63) is 47.7 Å². The Morgan fingerprint density at radius 1 is 1.39 bits per heavy atom. The quantitative estimate of drug-likeness (QED) is 0.597. The molecular formula is C13H11NO4. The molecule has 0 radical (unpaired) electrons. The Morgan fingerprint density at radius 3 is 2.78 bits per heavy atom. The summed E-state index contributed by atoms with van der Waals surface area (Å²) in [5.74, 6) is -1.07. The molecule has 5 nitrogen and oxygen atoms in total. The van der Waals surface area contributed by atoms with E-state index in [9.17, 15) is 9.59 Å². The van der Waals surface area contributed by atoms with Gasteiger partial charge < -0.3 is 9.47 Å². The monoisotopic (exact) mass is 245 g/mol. The van der Waals surface area contributed by atoms with Gasteiger partial charge in [0.2, 0.25) is 5.90 Å². The molecule has 1 aliphatic heterocycles. The number of cyclic esters (lactones) is 1. The third-order valence-corrected chi connectivity index (χ3v) is 2.18. The number of carbonyl (C=O) groups is 2. The van der Waals surface area contributed by atoms with Crippen LogP contribution in [0.5, 0.6) is 0 Å². The third-order valence-electron chi connectivity index (χ3n) is 2.18. The first-order valence-corrected chi connectivity index (χ1v) is 5.45. The van der Waals surface area contributed by atoms with E-state index >= 15 is 0 Å². The number of nitrogens with zero attached hydrogens (tertiary/aromatic N) is 1. The van der Waals surface area contributed by atoms with E-state index in [1.54, 1.807) is 31.2 Å². The van der Waals surface area contributed by atoms with Gasteiger partial charge in [0.15, 0.2) is 5.70 Å². The number of aliphatic imine (C=N–C) groups is 1. The van der Waals surface area contributed by atoms with Crippen molar-refractivity contribution in [1.29, 1.82) is 0 Å². The molecule has 1 aliphatic rings. The second kappa shape index (κ2) is 5.27. The van der Waals surface area contributed by atoms with Gasteiger partial charge in [0.05, 0.1) is 12.7 Å². The zero-order valence-electron chi connectivity index (χ0n) is 9.75. The number of hydrogen-bond acceptors (Lipinski definition) is 5. The second-order valence-corrected chi connectivity index (χ2v) is 3.45. The maximum Gasteiger partial charge on any atom is 0.364 e. The Labute approximate surface area is 104 Å². The molecule has 5 heteroatoms. The van der Waals surface area contributed by atoms with Gasteiger partial charge in [-0.3, -0.25) is 0 Å². The molecule has 0 spiro atoms. The highest BCUT2D eigenvalue weighted by molar-refractivity contribution is 6.12. The lowest BCUT2D eigenvalue weighted by Crippen LogP contribution is -2.06. The maximum atomic E-state index is 11.5. The van der Waals surface area contributed by atoms with Crippen molar-refractivity contribution in [3.63, 3.8) is 0 Å². The highest BCUT2D eigenvalue weighted by Gasteiger charge is 2.24. The molecule has 0 aliphatic carbocycles. The summed E-state index contributed by atoms with van der Waals surface area (Å²) in [7, 11) is 0. The van der Waals surface area contributed by atoms with Crippen LogP contribution in [0.15, 0.2) is 47.1 Å². The number of rotatable bonds is 3. The van der Waals surface area contributed by atoms with E-state index in [1.165, 1.54) is 0 Å². The smallest absolute Gasteiger partial charge is 0.364 e. The van der Waals surface area contributed by atoms with E-state index in [4.69, 9.17) is 9.47 Å². The van der Waals surface area contributed by atoms with E-state index in [0.29, 0.717) is 5.56 Å². The number of benzene rings is 1. The molecule has 1 heterocycles. The minimum atomic E-state index is -0.651. The number of carbonyl (C=O) groups excluding carboxylic acids is 2. The SMILES string of the molecule is CCOC(=O)C=C1N=C(c2ccccc2)OC1=O. The lowest BCUT2D eigenvalue weighted by molar-refractivity contribution is -0.138. The van der Waals surface area contributed by atoms with E-state index in [-0.39, 0.29) is 18.2 Å². The van der Waals surface area contributed by atoms with Gasteiger partial charge in [0, 0.05) is 5.56 Å². The molecular weight excluding hydrogens is 234 g/mol. The Bertz CT molecular complexity index is 531. The molecule has 18 heavy (non-hydrogen) atoms. The Hall–Kier alpha value is -2.43. The fourth-order valence-electron chi connectivity index (χ4n) is 1.41. The molecule has 0 atom stereocenters. The van der Waals surface area contributed by atoms with Gasteiger partial charge in [-0.25, -0.2) is 14.6 Å². The molecule has 92 valence electrons. The zero-order valence-corrected chi connectivity index (χ0v) is 9.75. The largest absolute Gasteiger partial charge is 0.463 e. The minimum Gasteiger partial charge on any atom is -0.463 e. The maximum absolute atomic E-state index is 11.5. The summed E-state index contributed by atoms with van der Waals surface area (Å²) in [6, 6.07) is 8.98. The molecule has 1 aromatic rings. The predicted molar refractivity (Wildman–Crippen MR) is 63.8 cm³/mol. The lowest BCUT2D eigenvalue weighted by Gasteiger charge is -1.97. The fraction of sp³-hybridized carbons (Fsp3) is 0.154. The van der Waals surface area contributed by atoms with Crippen molar-refractivity contribution in [3.8, 4) is 0 Å². The van der Waals surface area contributed by atoms with E-state index in [2.05, 4.69) is 4.99 Å². The molecule has 0 aromatic heterocycles. The van der Waals surface area contributed by atoms with Gasteiger partial charge in [-0.05, 0) is 19.1 Å². The average Bonchev–Trinajstić information content (AvgIpc) is 2.72. The van der Waals surface area contributed by atoms with Crippen molar-refractivity contribution >= 4 is 17.8 Å². The van der Waals surface area contributed by atoms with Crippen LogP contribution < -0.4 is 0 Å². The van der Waals surface area contributed by atoms with Crippen LogP contribution in [0, 0.1) is 0 Å². The summed E-state index contributed by atoms with van der Waals surface area (Å²) in [4.78, 5) is 26.7. The summed E-state index contributed by atoms with van der Waals surface area (Å²) in [6.07, 6.45) is 1.03. The van der Waals surface area contributed by atoms with Gasteiger partial charge in [-0.1, -0.05) is 18.2 Å². The average molecular weight is 245 g/mol. The summed E-state index contributed by atoms with van der Waals surface area (Å²) in [5.41, 5.74) is 0.630. The topological polar surface area (TPSA) is 65.0 Å². The van der Waals surface area contributed by atoms with Crippen molar-refractivity contribution in [2.24, 2.45) is 4.99 Å². The minimum absolute atomic E-state index is 0.0488. The van der Waals surface area contributed by atoms with Crippen LogP contribution in [-0.2, 0) is 19.1 Å². The van der Waals surface area contributed by atoms with Crippen LogP contribution >= 0.6 is 0 Å². The Kier molecular flexibility index (Phi) is 3.52. The molecule has 2 rings (SSSR count). The van der Waals surface area contributed by atoms with Crippen molar-refractivity contribution in [1.82, 2.24) is 0 Å². The van der Waals surface area contributed by atoms with E-state index in [0.717, 1.165) is 6.08 Å². The zero-order chi connectivity index (χ0) is 13.0. The molecule has 0 amide bonds.